The molecule has 0 spiro atoms. The highest BCUT2D eigenvalue weighted by Gasteiger charge is 2.31. The first-order valence-corrected chi connectivity index (χ1v) is 7.78. The van der Waals surface area contributed by atoms with Gasteiger partial charge in [-0.15, -0.1) is 0 Å². The number of hydrogen-bond acceptors (Lipinski definition) is 2. The quantitative estimate of drug-likeness (QED) is 0.863. The van der Waals surface area contributed by atoms with Crippen molar-refractivity contribution in [1.29, 1.82) is 0 Å². The van der Waals surface area contributed by atoms with Crippen LogP contribution in [0.2, 0.25) is 0 Å². The summed E-state index contributed by atoms with van der Waals surface area (Å²) >= 11 is 0. The third kappa shape index (κ3) is 2.16. The van der Waals surface area contributed by atoms with E-state index in [1.54, 1.807) is 6.07 Å². The van der Waals surface area contributed by atoms with Crippen LogP contribution in [-0.4, -0.2) is 14.2 Å². The van der Waals surface area contributed by atoms with Gasteiger partial charge in [0, 0.05) is 5.92 Å². The first-order chi connectivity index (χ1) is 9.08. The Bertz CT molecular complexity index is 722. The van der Waals surface area contributed by atoms with Crippen LogP contribution >= 0.6 is 0 Å². The smallest absolute Gasteiger partial charge is 0.181 e. The maximum atomic E-state index is 13.6. The molecule has 0 aliphatic heterocycles. The largest absolute Gasteiger partial charge is 0.224 e. The van der Waals surface area contributed by atoms with E-state index in [-0.39, 0.29) is 16.6 Å². The van der Waals surface area contributed by atoms with Crippen molar-refractivity contribution in [1.82, 2.24) is 0 Å². The molecule has 0 aromatic heterocycles. The van der Waals surface area contributed by atoms with Crippen LogP contribution in [0.5, 0.6) is 0 Å². The minimum absolute atomic E-state index is 0.0131. The molecule has 0 N–H and O–H groups in total. The standard InChI is InChI=1S/C15H13FO2S/c16-14-7-3-4-8-15(14)19(17,18)10-12-9-11-5-1-2-6-13(11)12/h1-8,12H,9-10H2. The SMILES string of the molecule is O=S(=O)(CC1Cc2ccccc21)c1ccccc1F. The topological polar surface area (TPSA) is 34.1 Å². The summed E-state index contributed by atoms with van der Waals surface area (Å²) in [6.45, 7) is 0. The summed E-state index contributed by atoms with van der Waals surface area (Å²) < 4.78 is 38.0. The molecule has 1 aliphatic rings. The molecule has 1 aliphatic carbocycles. The fourth-order valence-corrected chi connectivity index (χ4v) is 4.22. The first-order valence-electron chi connectivity index (χ1n) is 6.13. The van der Waals surface area contributed by atoms with E-state index in [4.69, 9.17) is 0 Å². The minimum atomic E-state index is -3.57. The lowest BCUT2D eigenvalue weighted by Gasteiger charge is -2.29. The Morgan fingerprint density at radius 2 is 1.74 bits per heavy atom. The molecular weight excluding hydrogens is 263 g/mol. The molecule has 0 heterocycles. The molecule has 0 amide bonds. The van der Waals surface area contributed by atoms with Gasteiger partial charge in [-0.05, 0) is 29.7 Å². The fraction of sp³-hybridized carbons (Fsp3) is 0.200. The van der Waals surface area contributed by atoms with Crippen LogP contribution in [0.3, 0.4) is 0 Å². The predicted molar refractivity (Wildman–Crippen MR) is 71.3 cm³/mol. The molecule has 2 aromatic rings. The molecule has 2 aromatic carbocycles. The van der Waals surface area contributed by atoms with E-state index in [1.807, 2.05) is 24.3 Å². The number of benzene rings is 2. The van der Waals surface area contributed by atoms with Gasteiger partial charge in [-0.25, -0.2) is 12.8 Å². The van der Waals surface area contributed by atoms with E-state index in [1.165, 1.54) is 23.8 Å². The maximum absolute atomic E-state index is 13.6. The normalized spacial score (nSPS) is 17.6. The van der Waals surface area contributed by atoms with Gasteiger partial charge in [-0.3, -0.25) is 0 Å². The summed E-state index contributed by atoms with van der Waals surface area (Å²) in [5.74, 6) is -0.707. The van der Waals surface area contributed by atoms with E-state index in [9.17, 15) is 12.8 Å². The van der Waals surface area contributed by atoms with Gasteiger partial charge in [0.05, 0.1) is 5.75 Å². The van der Waals surface area contributed by atoms with Crippen molar-refractivity contribution in [2.45, 2.75) is 17.2 Å². The third-order valence-electron chi connectivity index (χ3n) is 3.55. The van der Waals surface area contributed by atoms with E-state index >= 15 is 0 Å². The number of rotatable bonds is 3. The van der Waals surface area contributed by atoms with Gasteiger partial charge in [0.1, 0.15) is 10.7 Å². The van der Waals surface area contributed by atoms with Gasteiger partial charge in [0.2, 0.25) is 0 Å². The highest BCUT2D eigenvalue weighted by atomic mass is 32.2. The highest BCUT2D eigenvalue weighted by molar-refractivity contribution is 7.91. The molecule has 1 atom stereocenters. The molecule has 2 nitrogen and oxygen atoms in total. The van der Waals surface area contributed by atoms with Crippen LogP contribution in [0, 0.1) is 5.82 Å². The summed E-state index contributed by atoms with van der Waals surface area (Å²) in [5.41, 5.74) is 2.26. The molecule has 0 saturated carbocycles. The Kier molecular flexibility index (Phi) is 2.90. The minimum Gasteiger partial charge on any atom is -0.224 e. The molecule has 3 rings (SSSR count). The van der Waals surface area contributed by atoms with Crippen LogP contribution in [0.25, 0.3) is 0 Å². The summed E-state index contributed by atoms with van der Waals surface area (Å²) in [6, 6.07) is 13.3. The number of fused-ring (bicyclic) bond motifs is 1. The highest BCUT2D eigenvalue weighted by Crippen LogP contribution is 2.36. The van der Waals surface area contributed by atoms with Gasteiger partial charge < -0.3 is 0 Å². The lowest BCUT2D eigenvalue weighted by molar-refractivity contribution is 0.556. The van der Waals surface area contributed by atoms with Crippen molar-refractivity contribution in [3.05, 3.63) is 65.5 Å². The summed E-state index contributed by atoms with van der Waals surface area (Å²) in [5, 5.41) is 0. The molecular formula is C15H13FO2S. The van der Waals surface area contributed by atoms with Crippen molar-refractivity contribution >= 4 is 9.84 Å². The zero-order valence-electron chi connectivity index (χ0n) is 10.2. The number of halogens is 1. The lowest BCUT2D eigenvalue weighted by Crippen LogP contribution is -2.25. The van der Waals surface area contributed by atoms with Gasteiger partial charge in [-0.1, -0.05) is 36.4 Å². The van der Waals surface area contributed by atoms with Crippen LogP contribution < -0.4 is 0 Å². The number of hydrogen-bond donors (Lipinski definition) is 0. The Morgan fingerprint density at radius 3 is 2.47 bits per heavy atom. The van der Waals surface area contributed by atoms with E-state index < -0.39 is 15.7 Å². The Hall–Kier alpha value is -1.68. The van der Waals surface area contributed by atoms with Crippen LogP contribution in [-0.2, 0) is 16.3 Å². The predicted octanol–water partition coefficient (Wildman–Crippen LogP) is 2.94. The van der Waals surface area contributed by atoms with Gasteiger partial charge in [-0.2, -0.15) is 0 Å². The molecule has 0 radical (unpaired) electrons. The second-order valence-corrected chi connectivity index (χ2v) is 6.81. The van der Waals surface area contributed by atoms with Gasteiger partial charge in [0.25, 0.3) is 0 Å². The van der Waals surface area contributed by atoms with Crippen molar-refractivity contribution in [2.24, 2.45) is 0 Å². The van der Waals surface area contributed by atoms with E-state index in [2.05, 4.69) is 0 Å². The second-order valence-electron chi connectivity index (χ2n) is 4.81. The monoisotopic (exact) mass is 276 g/mol. The zero-order chi connectivity index (χ0) is 13.5. The Labute approximate surface area is 111 Å². The maximum Gasteiger partial charge on any atom is 0.181 e. The average Bonchev–Trinajstić information content (AvgIpc) is 2.36. The lowest BCUT2D eigenvalue weighted by atomic mass is 9.79. The van der Waals surface area contributed by atoms with Crippen LogP contribution in [0.15, 0.2) is 53.4 Å². The zero-order valence-corrected chi connectivity index (χ0v) is 11.0. The second kappa shape index (κ2) is 4.46. The van der Waals surface area contributed by atoms with E-state index in [0.717, 1.165) is 12.0 Å². The summed E-state index contributed by atoms with van der Waals surface area (Å²) in [7, 11) is -3.57. The van der Waals surface area contributed by atoms with E-state index in [0.29, 0.717) is 0 Å². The molecule has 0 fully saturated rings. The average molecular weight is 276 g/mol. The fourth-order valence-electron chi connectivity index (χ4n) is 2.56. The van der Waals surface area contributed by atoms with Gasteiger partial charge >= 0.3 is 0 Å². The number of sulfone groups is 1. The molecule has 98 valence electrons. The molecule has 19 heavy (non-hydrogen) atoms. The van der Waals surface area contributed by atoms with Crippen molar-refractivity contribution in [2.75, 3.05) is 5.75 Å². The Balaban J connectivity index is 1.87. The van der Waals surface area contributed by atoms with Crippen molar-refractivity contribution < 1.29 is 12.8 Å². The third-order valence-corrected chi connectivity index (χ3v) is 5.40. The Morgan fingerprint density at radius 1 is 1.05 bits per heavy atom. The summed E-state index contributed by atoms with van der Waals surface area (Å²) in [6.07, 6.45) is 0.754. The van der Waals surface area contributed by atoms with Crippen molar-refractivity contribution in [3.63, 3.8) is 0 Å². The molecule has 0 bridgehead atoms. The molecule has 4 heteroatoms. The summed E-state index contributed by atoms with van der Waals surface area (Å²) in [4.78, 5) is -0.195. The van der Waals surface area contributed by atoms with Crippen LogP contribution in [0.1, 0.15) is 17.0 Å². The van der Waals surface area contributed by atoms with Crippen LogP contribution in [0.4, 0.5) is 4.39 Å². The van der Waals surface area contributed by atoms with Crippen molar-refractivity contribution in [3.8, 4) is 0 Å². The molecule has 1 unspecified atom stereocenters. The van der Waals surface area contributed by atoms with Gasteiger partial charge in [0.15, 0.2) is 9.84 Å². The first kappa shape index (κ1) is 12.4. The molecule has 0 saturated heterocycles.